The minimum atomic E-state index is -1.40. The Morgan fingerprint density at radius 2 is 0.939 bits per heavy atom. The van der Waals surface area contributed by atoms with Crippen LogP contribution in [-0.4, -0.2) is 17.2 Å². The van der Waals surface area contributed by atoms with Crippen molar-refractivity contribution in [1.82, 2.24) is 9.13 Å². The zero-order chi connectivity index (χ0) is 32.9. The molecule has 234 valence electrons. The topological polar surface area (TPSA) is 23.0 Å². The van der Waals surface area contributed by atoms with E-state index in [2.05, 4.69) is 168 Å². The second-order valence-corrected chi connectivity index (χ2v) is 19.3. The van der Waals surface area contributed by atoms with Crippen LogP contribution in [0.15, 0.2) is 156 Å². The summed E-state index contributed by atoms with van der Waals surface area (Å²) in [5, 5.41) is 8.89. The molecular formula is C45H34N2OSi. The molecule has 10 rings (SSSR count). The lowest BCUT2D eigenvalue weighted by Gasteiger charge is -2.17. The molecule has 3 nitrogen and oxygen atoms in total. The van der Waals surface area contributed by atoms with Crippen LogP contribution >= 0.6 is 0 Å². The maximum Gasteiger partial charge on any atom is 0.143 e. The van der Waals surface area contributed by atoms with Gasteiger partial charge in [-0.15, -0.1) is 0 Å². The van der Waals surface area contributed by atoms with Gasteiger partial charge in [-0.2, -0.15) is 0 Å². The third kappa shape index (κ3) is 4.14. The van der Waals surface area contributed by atoms with Crippen molar-refractivity contribution in [2.75, 3.05) is 0 Å². The number of nitrogens with zero attached hydrogens (tertiary/aromatic N) is 2. The summed E-state index contributed by atoms with van der Waals surface area (Å²) >= 11 is 0. The number of aromatic nitrogens is 2. The third-order valence-corrected chi connectivity index (χ3v) is 12.4. The number of fused-ring (bicyclic) bond motifs is 10. The molecule has 0 radical (unpaired) electrons. The minimum absolute atomic E-state index is 0.920. The van der Waals surface area contributed by atoms with Crippen LogP contribution in [-0.2, 0) is 0 Å². The van der Waals surface area contributed by atoms with Crippen molar-refractivity contribution in [2.45, 2.75) is 19.6 Å². The Kier molecular flexibility index (Phi) is 5.94. The molecule has 0 bridgehead atoms. The number of rotatable bonds is 4. The summed E-state index contributed by atoms with van der Waals surface area (Å²) < 4.78 is 11.2. The van der Waals surface area contributed by atoms with Gasteiger partial charge in [0, 0.05) is 49.3 Å². The zero-order valence-electron chi connectivity index (χ0n) is 27.7. The van der Waals surface area contributed by atoms with Gasteiger partial charge >= 0.3 is 0 Å². The molecule has 0 unspecified atom stereocenters. The van der Waals surface area contributed by atoms with E-state index in [0.29, 0.717) is 0 Å². The lowest BCUT2D eigenvalue weighted by molar-refractivity contribution is 0.670. The Morgan fingerprint density at radius 3 is 1.53 bits per heavy atom. The van der Waals surface area contributed by atoms with Gasteiger partial charge in [-0.3, -0.25) is 0 Å². The molecule has 0 atom stereocenters. The standard InChI is InChI=1S/C45H34N2OSi/c1-49(2,3)32-25-23-31(24-26-32)47-39-17-8-5-13-37(39)44-41(47)28-27-40-43(44)36-12-4-7-16-38(36)46(40)30-21-19-29(20-22-30)33-14-10-15-35-34-11-6-9-18-42(34)48-45(33)35/h4-28H,1-3H3. The monoisotopic (exact) mass is 646 g/mol. The van der Waals surface area contributed by atoms with E-state index in [4.69, 9.17) is 4.42 Å². The fourth-order valence-electron chi connectivity index (χ4n) is 7.95. The smallest absolute Gasteiger partial charge is 0.143 e. The highest BCUT2D eigenvalue weighted by Crippen LogP contribution is 2.43. The van der Waals surface area contributed by atoms with Crippen LogP contribution in [0.2, 0.25) is 19.6 Å². The Bertz CT molecular complexity index is 2900. The van der Waals surface area contributed by atoms with E-state index in [9.17, 15) is 0 Å². The highest BCUT2D eigenvalue weighted by Gasteiger charge is 2.21. The van der Waals surface area contributed by atoms with Gasteiger partial charge in [0.1, 0.15) is 11.2 Å². The molecule has 7 aromatic carbocycles. The molecule has 0 N–H and O–H groups in total. The first-order chi connectivity index (χ1) is 24.0. The van der Waals surface area contributed by atoms with Crippen molar-refractivity contribution in [3.05, 3.63) is 152 Å². The molecule has 0 spiro atoms. The van der Waals surface area contributed by atoms with Gasteiger partial charge in [0.05, 0.1) is 30.1 Å². The molecule has 49 heavy (non-hydrogen) atoms. The minimum Gasteiger partial charge on any atom is -0.455 e. The molecule has 3 heterocycles. The molecule has 0 aliphatic heterocycles. The number of para-hydroxylation sites is 4. The van der Waals surface area contributed by atoms with Gasteiger partial charge < -0.3 is 13.6 Å². The number of benzene rings is 7. The first-order valence-corrected chi connectivity index (χ1v) is 20.5. The lowest BCUT2D eigenvalue weighted by atomic mass is 10.0. The molecule has 3 aromatic heterocycles. The van der Waals surface area contributed by atoms with Crippen LogP contribution in [0, 0.1) is 0 Å². The quantitative estimate of drug-likeness (QED) is 0.175. The summed E-state index contributed by atoms with van der Waals surface area (Å²) in [4.78, 5) is 0. The Balaban J connectivity index is 1.18. The van der Waals surface area contributed by atoms with Gasteiger partial charge in [0.2, 0.25) is 0 Å². The summed E-state index contributed by atoms with van der Waals surface area (Å²) in [6.45, 7) is 7.22. The predicted octanol–water partition coefficient (Wildman–Crippen LogP) is 12.0. The van der Waals surface area contributed by atoms with E-state index in [0.717, 1.165) is 38.8 Å². The second-order valence-electron chi connectivity index (χ2n) is 14.2. The van der Waals surface area contributed by atoms with Crippen LogP contribution in [0.5, 0.6) is 0 Å². The first kappa shape index (κ1) is 28.2. The first-order valence-electron chi connectivity index (χ1n) is 17.0. The maximum absolute atomic E-state index is 6.38. The van der Waals surface area contributed by atoms with E-state index < -0.39 is 8.07 Å². The highest BCUT2D eigenvalue weighted by atomic mass is 28.3. The van der Waals surface area contributed by atoms with E-state index in [1.807, 2.05) is 12.1 Å². The van der Waals surface area contributed by atoms with Crippen LogP contribution in [0.3, 0.4) is 0 Å². The van der Waals surface area contributed by atoms with Crippen molar-refractivity contribution >= 4 is 78.8 Å². The fraction of sp³-hybridized carbons (Fsp3) is 0.0667. The number of hydrogen-bond donors (Lipinski definition) is 0. The molecule has 0 saturated heterocycles. The van der Waals surface area contributed by atoms with E-state index >= 15 is 0 Å². The number of hydrogen-bond acceptors (Lipinski definition) is 1. The van der Waals surface area contributed by atoms with Crippen molar-refractivity contribution in [2.24, 2.45) is 0 Å². The van der Waals surface area contributed by atoms with Crippen molar-refractivity contribution in [3.8, 4) is 22.5 Å². The van der Waals surface area contributed by atoms with Gasteiger partial charge in [-0.1, -0.05) is 122 Å². The van der Waals surface area contributed by atoms with Crippen LogP contribution in [0.25, 0.3) is 88.1 Å². The molecular weight excluding hydrogens is 613 g/mol. The SMILES string of the molecule is C[Si](C)(C)c1ccc(-n2c3ccccc3c3c4c5ccccc5n(-c5ccc(-c6cccc7c6oc6ccccc67)cc5)c4ccc32)cc1. The summed E-state index contributed by atoms with van der Waals surface area (Å²) in [6, 6.07) is 55.3. The molecule has 0 saturated carbocycles. The molecule has 0 amide bonds. The second kappa shape index (κ2) is 10.3. The van der Waals surface area contributed by atoms with Gasteiger partial charge in [0.25, 0.3) is 0 Å². The Morgan fingerprint density at radius 1 is 0.429 bits per heavy atom. The maximum atomic E-state index is 6.38. The highest BCUT2D eigenvalue weighted by molar-refractivity contribution is 6.88. The van der Waals surface area contributed by atoms with E-state index in [1.54, 1.807) is 0 Å². The Hall–Kier alpha value is -5.84. The molecule has 10 aromatic rings. The summed E-state index contributed by atoms with van der Waals surface area (Å²) in [6.07, 6.45) is 0. The fourth-order valence-corrected chi connectivity index (χ4v) is 9.12. The molecule has 0 aliphatic carbocycles. The van der Waals surface area contributed by atoms with Gasteiger partial charge in [-0.05, 0) is 60.2 Å². The van der Waals surface area contributed by atoms with Crippen LogP contribution in [0.1, 0.15) is 0 Å². The lowest BCUT2D eigenvalue weighted by Crippen LogP contribution is -2.37. The van der Waals surface area contributed by atoms with Crippen molar-refractivity contribution < 1.29 is 4.42 Å². The predicted molar refractivity (Wildman–Crippen MR) is 211 cm³/mol. The van der Waals surface area contributed by atoms with E-state index in [1.165, 1.54) is 54.5 Å². The normalized spacial score (nSPS) is 12.4. The van der Waals surface area contributed by atoms with Crippen molar-refractivity contribution in [3.63, 3.8) is 0 Å². The Labute approximate surface area is 285 Å². The van der Waals surface area contributed by atoms with Crippen LogP contribution in [0.4, 0.5) is 0 Å². The summed E-state index contributed by atoms with van der Waals surface area (Å²) in [7, 11) is -1.40. The molecule has 0 aliphatic rings. The molecule has 0 fully saturated rings. The van der Waals surface area contributed by atoms with Gasteiger partial charge in [0.15, 0.2) is 0 Å². The molecule has 4 heteroatoms. The van der Waals surface area contributed by atoms with Gasteiger partial charge in [-0.25, -0.2) is 0 Å². The zero-order valence-corrected chi connectivity index (χ0v) is 28.7. The van der Waals surface area contributed by atoms with Crippen molar-refractivity contribution in [1.29, 1.82) is 0 Å². The average Bonchev–Trinajstić information content (AvgIpc) is 3.79. The summed E-state index contributed by atoms with van der Waals surface area (Å²) in [5.41, 5.74) is 11.3. The van der Waals surface area contributed by atoms with E-state index in [-0.39, 0.29) is 0 Å². The largest absolute Gasteiger partial charge is 0.455 e. The van der Waals surface area contributed by atoms with Crippen LogP contribution < -0.4 is 5.19 Å². The summed E-state index contributed by atoms with van der Waals surface area (Å²) in [5.74, 6) is 0. The third-order valence-electron chi connectivity index (χ3n) is 10.3. The average molecular weight is 647 g/mol. The number of furan rings is 1.